The first-order valence-corrected chi connectivity index (χ1v) is 4.58. The molecule has 3 nitrogen and oxygen atoms in total. The summed E-state index contributed by atoms with van der Waals surface area (Å²) in [6.07, 6.45) is 2.83. The van der Waals surface area contributed by atoms with Crippen LogP contribution in [-0.4, -0.2) is 37.1 Å². The van der Waals surface area contributed by atoms with Crippen molar-refractivity contribution < 1.29 is 9.53 Å². The highest BCUT2D eigenvalue weighted by molar-refractivity contribution is 5.76. The van der Waals surface area contributed by atoms with Crippen molar-refractivity contribution in [3.63, 3.8) is 0 Å². The number of amides is 1. The van der Waals surface area contributed by atoms with Crippen molar-refractivity contribution in [3.8, 4) is 0 Å². The largest absolute Gasteiger partial charge is 0.383 e. The topological polar surface area (TPSA) is 29.5 Å². The van der Waals surface area contributed by atoms with Gasteiger partial charge in [0.05, 0.1) is 12.6 Å². The maximum Gasteiger partial charge on any atom is 0.222 e. The summed E-state index contributed by atoms with van der Waals surface area (Å²) in [6, 6.07) is 0.336. The molecular weight excluding hydrogens is 154 g/mol. The van der Waals surface area contributed by atoms with Crippen LogP contribution in [0.1, 0.15) is 26.2 Å². The second-order valence-electron chi connectivity index (χ2n) is 3.19. The fourth-order valence-electron chi connectivity index (χ4n) is 1.73. The average molecular weight is 171 g/mol. The standard InChI is InChI=1S/C9H17NO2/c1-3-9(11)10-6-4-5-8(10)7-12-2/h8H,3-7H2,1-2H3. The molecule has 1 heterocycles. The second-order valence-corrected chi connectivity index (χ2v) is 3.19. The van der Waals surface area contributed by atoms with Crippen LogP contribution in [0.4, 0.5) is 0 Å². The summed E-state index contributed by atoms with van der Waals surface area (Å²) in [4.78, 5) is 13.3. The predicted octanol–water partition coefficient (Wildman–Crippen LogP) is 1.03. The molecule has 70 valence electrons. The summed E-state index contributed by atoms with van der Waals surface area (Å²) < 4.78 is 5.06. The van der Waals surface area contributed by atoms with E-state index < -0.39 is 0 Å². The number of rotatable bonds is 3. The first kappa shape index (κ1) is 9.52. The molecule has 1 fully saturated rings. The zero-order valence-corrected chi connectivity index (χ0v) is 7.88. The quantitative estimate of drug-likeness (QED) is 0.635. The number of carbonyl (C=O) groups excluding carboxylic acids is 1. The molecule has 1 aliphatic rings. The van der Waals surface area contributed by atoms with Gasteiger partial charge in [-0.3, -0.25) is 4.79 Å². The van der Waals surface area contributed by atoms with Crippen molar-refractivity contribution in [1.82, 2.24) is 4.90 Å². The van der Waals surface area contributed by atoms with Crippen LogP contribution in [0.3, 0.4) is 0 Å². The lowest BCUT2D eigenvalue weighted by Gasteiger charge is -2.23. The normalized spacial score (nSPS) is 23.2. The Morgan fingerprint density at radius 1 is 1.67 bits per heavy atom. The fourth-order valence-corrected chi connectivity index (χ4v) is 1.73. The van der Waals surface area contributed by atoms with Gasteiger partial charge < -0.3 is 9.64 Å². The molecule has 1 atom stereocenters. The second kappa shape index (κ2) is 4.45. The van der Waals surface area contributed by atoms with Gasteiger partial charge in [-0.2, -0.15) is 0 Å². The van der Waals surface area contributed by atoms with Crippen LogP contribution in [0.15, 0.2) is 0 Å². The minimum Gasteiger partial charge on any atom is -0.383 e. The number of methoxy groups -OCH3 is 1. The van der Waals surface area contributed by atoms with Gasteiger partial charge in [-0.15, -0.1) is 0 Å². The van der Waals surface area contributed by atoms with E-state index >= 15 is 0 Å². The van der Waals surface area contributed by atoms with Crippen LogP contribution in [-0.2, 0) is 9.53 Å². The van der Waals surface area contributed by atoms with E-state index in [1.165, 1.54) is 0 Å². The van der Waals surface area contributed by atoms with Gasteiger partial charge in [0.1, 0.15) is 0 Å². The van der Waals surface area contributed by atoms with E-state index in [0.717, 1.165) is 19.4 Å². The van der Waals surface area contributed by atoms with E-state index in [1.54, 1.807) is 7.11 Å². The molecule has 0 spiro atoms. The van der Waals surface area contributed by atoms with E-state index in [2.05, 4.69) is 0 Å². The number of carbonyl (C=O) groups is 1. The molecule has 0 radical (unpaired) electrons. The summed E-state index contributed by atoms with van der Waals surface area (Å²) >= 11 is 0. The van der Waals surface area contributed by atoms with Gasteiger partial charge in [-0.05, 0) is 12.8 Å². The van der Waals surface area contributed by atoms with Crippen molar-refractivity contribution in [2.24, 2.45) is 0 Å². The van der Waals surface area contributed by atoms with Gasteiger partial charge >= 0.3 is 0 Å². The maximum atomic E-state index is 11.4. The first-order valence-electron chi connectivity index (χ1n) is 4.58. The molecule has 0 N–H and O–H groups in total. The Labute approximate surface area is 73.7 Å². The summed E-state index contributed by atoms with van der Waals surface area (Å²) in [5.74, 6) is 0.259. The first-order chi connectivity index (χ1) is 5.79. The molecule has 0 aromatic heterocycles. The minimum atomic E-state index is 0.259. The van der Waals surface area contributed by atoms with E-state index in [-0.39, 0.29) is 5.91 Å². The van der Waals surface area contributed by atoms with Crippen molar-refractivity contribution in [3.05, 3.63) is 0 Å². The average Bonchev–Trinajstić information content (AvgIpc) is 2.52. The molecule has 0 aliphatic carbocycles. The van der Waals surface area contributed by atoms with Crippen LogP contribution < -0.4 is 0 Å². The Kier molecular flexibility index (Phi) is 3.53. The Hall–Kier alpha value is -0.570. The monoisotopic (exact) mass is 171 g/mol. The molecule has 12 heavy (non-hydrogen) atoms. The summed E-state index contributed by atoms with van der Waals surface area (Å²) in [6.45, 7) is 3.51. The number of likely N-dealkylation sites (tertiary alicyclic amines) is 1. The molecule has 1 amide bonds. The summed E-state index contributed by atoms with van der Waals surface area (Å²) in [5, 5.41) is 0. The van der Waals surface area contributed by atoms with Crippen LogP contribution in [0, 0.1) is 0 Å². The van der Waals surface area contributed by atoms with Gasteiger partial charge in [-0.25, -0.2) is 0 Å². The molecule has 1 unspecified atom stereocenters. The molecule has 0 bridgehead atoms. The Morgan fingerprint density at radius 3 is 3.00 bits per heavy atom. The van der Waals surface area contributed by atoms with Crippen molar-refractivity contribution in [2.75, 3.05) is 20.3 Å². The van der Waals surface area contributed by atoms with Gasteiger partial charge in [0.15, 0.2) is 0 Å². The van der Waals surface area contributed by atoms with Crippen molar-refractivity contribution >= 4 is 5.91 Å². The van der Waals surface area contributed by atoms with E-state index in [0.29, 0.717) is 19.1 Å². The number of hydrogen-bond acceptors (Lipinski definition) is 2. The lowest BCUT2D eigenvalue weighted by molar-refractivity contribution is -0.132. The smallest absolute Gasteiger partial charge is 0.222 e. The SMILES string of the molecule is CCC(=O)N1CCCC1COC. The van der Waals surface area contributed by atoms with Gasteiger partial charge in [0, 0.05) is 20.1 Å². The Bertz CT molecular complexity index is 159. The van der Waals surface area contributed by atoms with Crippen molar-refractivity contribution in [2.45, 2.75) is 32.2 Å². The molecule has 0 aromatic carbocycles. The summed E-state index contributed by atoms with van der Waals surface area (Å²) in [7, 11) is 1.69. The Balaban J connectivity index is 2.45. The molecule has 1 saturated heterocycles. The third-order valence-electron chi connectivity index (χ3n) is 2.36. The molecule has 1 aliphatic heterocycles. The minimum absolute atomic E-state index is 0.259. The highest BCUT2D eigenvalue weighted by Crippen LogP contribution is 2.17. The zero-order valence-electron chi connectivity index (χ0n) is 7.88. The van der Waals surface area contributed by atoms with Crippen LogP contribution in [0.5, 0.6) is 0 Å². The lowest BCUT2D eigenvalue weighted by atomic mass is 10.2. The predicted molar refractivity (Wildman–Crippen MR) is 46.9 cm³/mol. The van der Waals surface area contributed by atoms with Crippen LogP contribution in [0.25, 0.3) is 0 Å². The van der Waals surface area contributed by atoms with E-state index in [4.69, 9.17) is 4.74 Å². The lowest BCUT2D eigenvalue weighted by Crippen LogP contribution is -2.37. The number of hydrogen-bond donors (Lipinski definition) is 0. The molecule has 0 saturated carbocycles. The summed E-state index contributed by atoms with van der Waals surface area (Å²) in [5.41, 5.74) is 0. The maximum absolute atomic E-state index is 11.4. The van der Waals surface area contributed by atoms with Crippen molar-refractivity contribution in [1.29, 1.82) is 0 Å². The molecular formula is C9H17NO2. The zero-order chi connectivity index (χ0) is 8.97. The highest BCUT2D eigenvalue weighted by atomic mass is 16.5. The molecule has 3 heteroatoms. The highest BCUT2D eigenvalue weighted by Gasteiger charge is 2.26. The third-order valence-corrected chi connectivity index (χ3v) is 2.36. The molecule has 0 aromatic rings. The van der Waals surface area contributed by atoms with Crippen LogP contribution in [0.2, 0.25) is 0 Å². The fraction of sp³-hybridized carbons (Fsp3) is 0.889. The van der Waals surface area contributed by atoms with Gasteiger partial charge in [-0.1, -0.05) is 6.92 Å². The number of nitrogens with zero attached hydrogens (tertiary/aromatic N) is 1. The van der Waals surface area contributed by atoms with E-state index in [9.17, 15) is 4.79 Å². The van der Waals surface area contributed by atoms with Gasteiger partial charge in [0.25, 0.3) is 0 Å². The van der Waals surface area contributed by atoms with Crippen LogP contribution >= 0.6 is 0 Å². The molecule has 1 rings (SSSR count). The third kappa shape index (κ3) is 1.97. The Morgan fingerprint density at radius 2 is 2.42 bits per heavy atom. The van der Waals surface area contributed by atoms with Gasteiger partial charge in [0.2, 0.25) is 5.91 Å². The number of ether oxygens (including phenoxy) is 1. The van der Waals surface area contributed by atoms with E-state index in [1.807, 2.05) is 11.8 Å².